The van der Waals surface area contributed by atoms with E-state index in [1.165, 1.54) is 10.8 Å². The van der Waals surface area contributed by atoms with Crippen LogP contribution < -0.4 is 11.1 Å². The van der Waals surface area contributed by atoms with Crippen molar-refractivity contribution in [3.05, 3.63) is 60.8 Å². The Bertz CT molecular complexity index is 675. The summed E-state index contributed by atoms with van der Waals surface area (Å²) in [4.78, 5) is 4.05. The van der Waals surface area contributed by atoms with E-state index in [9.17, 15) is 0 Å². The molecule has 3 nitrogen and oxygen atoms in total. The topological polar surface area (TPSA) is 50.9 Å². The predicted molar refractivity (Wildman–Crippen MR) is 75.9 cm³/mol. The quantitative estimate of drug-likeness (QED) is 0.714. The maximum Gasteiger partial charge on any atom is 0.123 e. The molecule has 0 aliphatic carbocycles. The number of nitrogens with zero attached hydrogens (tertiary/aromatic N) is 1. The summed E-state index contributed by atoms with van der Waals surface area (Å²) >= 11 is 0. The number of rotatable bonds is 2. The molecule has 2 aromatic carbocycles. The lowest BCUT2D eigenvalue weighted by atomic mass is 10.1. The molecule has 0 bridgehead atoms. The molecule has 0 saturated heterocycles. The summed E-state index contributed by atoms with van der Waals surface area (Å²) in [5.74, 6) is 0.527. The van der Waals surface area contributed by atoms with E-state index in [-0.39, 0.29) is 0 Å². The number of aromatic nitrogens is 1. The molecule has 0 fully saturated rings. The van der Waals surface area contributed by atoms with Crippen LogP contribution in [0.15, 0.2) is 60.8 Å². The van der Waals surface area contributed by atoms with E-state index in [0.717, 1.165) is 11.4 Å². The molecule has 3 rings (SSSR count). The number of nitrogens with two attached hydrogens (primary N) is 1. The molecular weight excluding hydrogens is 222 g/mol. The Labute approximate surface area is 105 Å². The second kappa shape index (κ2) is 4.37. The zero-order valence-corrected chi connectivity index (χ0v) is 9.80. The second-order valence-electron chi connectivity index (χ2n) is 4.16. The summed E-state index contributed by atoms with van der Waals surface area (Å²) < 4.78 is 0. The molecule has 0 spiro atoms. The van der Waals surface area contributed by atoms with Crippen molar-refractivity contribution in [3.8, 4) is 0 Å². The summed E-state index contributed by atoms with van der Waals surface area (Å²) in [5.41, 5.74) is 7.53. The van der Waals surface area contributed by atoms with Crippen molar-refractivity contribution in [2.75, 3.05) is 11.1 Å². The van der Waals surface area contributed by atoms with Gasteiger partial charge in [-0.3, -0.25) is 0 Å². The van der Waals surface area contributed by atoms with E-state index < -0.39 is 0 Å². The third-order valence-corrected chi connectivity index (χ3v) is 2.82. The van der Waals surface area contributed by atoms with Crippen molar-refractivity contribution >= 4 is 28.0 Å². The highest BCUT2D eigenvalue weighted by atomic mass is 14.9. The average Bonchev–Trinajstić information content (AvgIpc) is 2.41. The smallest absolute Gasteiger partial charge is 0.123 e. The van der Waals surface area contributed by atoms with Crippen LogP contribution in [0.1, 0.15) is 0 Å². The monoisotopic (exact) mass is 235 g/mol. The first-order chi connectivity index (χ1) is 8.81. The number of pyridine rings is 1. The SMILES string of the molecule is Nc1ccc(Nc2ccc3ccccc3c2)cn1. The number of nitrogen functional groups attached to an aromatic ring is 1. The van der Waals surface area contributed by atoms with Crippen molar-refractivity contribution < 1.29 is 0 Å². The predicted octanol–water partition coefficient (Wildman–Crippen LogP) is 3.56. The van der Waals surface area contributed by atoms with Crippen LogP contribution in [-0.2, 0) is 0 Å². The molecule has 3 aromatic rings. The van der Waals surface area contributed by atoms with Crippen LogP contribution in [0.4, 0.5) is 17.2 Å². The van der Waals surface area contributed by atoms with Gasteiger partial charge in [-0.2, -0.15) is 0 Å². The van der Waals surface area contributed by atoms with Crippen molar-refractivity contribution in [1.82, 2.24) is 4.98 Å². The molecule has 0 radical (unpaired) electrons. The highest BCUT2D eigenvalue weighted by Crippen LogP contribution is 2.22. The summed E-state index contributed by atoms with van der Waals surface area (Å²) in [6.07, 6.45) is 1.73. The van der Waals surface area contributed by atoms with Crippen LogP contribution in [0.5, 0.6) is 0 Å². The third-order valence-electron chi connectivity index (χ3n) is 2.82. The Kier molecular flexibility index (Phi) is 2.57. The first kappa shape index (κ1) is 10.6. The molecular formula is C15H13N3. The van der Waals surface area contributed by atoms with Gasteiger partial charge < -0.3 is 11.1 Å². The van der Waals surface area contributed by atoms with Crippen molar-refractivity contribution in [1.29, 1.82) is 0 Å². The van der Waals surface area contributed by atoms with Gasteiger partial charge in [-0.1, -0.05) is 30.3 Å². The minimum atomic E-state index is 0.527. The van der Waals surface area contributed by atoms with Gasteiger partial charge in [0.1, 0.15) is 5.82 Å². The number of fused-ring (bicyclic) bond motifs is 1. The fourth-order valence-electron chi connectivity index (χ4n) is 1.91. The van der Waals surface area contributed by atoms with E-state index >= 15 is 0 Å². The van der Waals surface area contributed by atoms with E-state index in [1.54, 1.807) is 12.3 Å². The molecule has 1 heterocycles. The molecule has 0 aliphatic heterocycles. The fraction of sp³-hybridized carbons (Fsp3) is 0. The maximum atomic E-state index is 5.56. The van der Waals surface area contributed by atoms with Crippen molar-refractivity contribution in [2.24, 2.45) is 0 Å². The lowest BCUT2D eigenvalue weighted by Crippen LogP contribution is -1.93. The highest BCUT2D eigenvalue weighted by Gasteiger charge is 1.97. The standard InChI is InChI=1S/C15H13N3/c16-15-8-7-14(10-17-15)18-13-6-5-11-3-1-2-4-12(11)9-13/h1-10,18H,(H2,16,17). The Hall–Kier alpha value is -2.55. The summed E-state index contributed by atoms with van der Waals surface area (Å²) in [7, 11) is 0. The van der Waals surface area contributed by atoms with Crippen LogP contribution in [0.2, 0.25) is 0 Å². The number of nitrogens with one attached hydrogen (secondary N) is 1. The Morgan fingerprint density at radius 2 is 1.61 bits per heavy atom. The van der Waals surface area contributed by atoms with E-state index in [4.69, 9.17) is 5.73 Å². The highest BCUT2D eigenvalue weighted by molar-refractivity contribution is 5.86. The molecule has 3 heteroatoms. The molecule has 0 atom stereocenters. The van der Waals surface area contributed by atoms with E-state index in [1.807, 2.05) is 18.2 Å². The van der Waals surface area contributed by atoms with Gasteiger partial charge in [-0.25, -0.2) is 4.98 Å². The summed E-state index contributed by atoms with van der Waals surface area (Å²) in [5, 5.41) is 5.75. The number of benzene rings is 2. The van der Waals surface area contributed by atoms with Gasteiger partial charge in [-0.05, 0) is 35.0 Å². The zero-order valence-electron chi connectivity index (χ0n) is 9.80. The maximum absolute atomic E-state index is 5.56. The van der Waals surface area contributed by atoms with Gasteiger partial charge in [0.05, 0.1) is 11.9 Å². The van der Waals surface area contributed by atoms with Crippen LogP contribution in [-0.4, -0.2) is 4.98 Å². The van der Waals surface area contributed by atoms with Crippen LogP contribution in [0.25, 0.3) is 10.8 Å². The third kappa shape index (κ3) is 2.11. The second-order valence-corrected chi connectivity index (χ2v) is 4.16. The Morgan fingerprint density at radius 1 is 0.833 bits per heavy atom. The molecule has 88 valence electrons. The molecule has 18 heavy (non-hydrogen) atoms. The molecule has 0 saturated carbocycles. The first-order valence-corrected chi connectivity index (χ1v) is 5.79. The van der Waals surface area contributed by atoms with Gasteiger partial charge in [0.15, 0.2) is 0 Å². The van der Waals surface area contributed by atoms with Crippen LogP contribution in [0, 0.1) is 0 Å². The van der Waals surface area contributed by atoms with Gasteiger partial charge in [0.2, 0.25) is 0 Å². The average molecular weight is 235 g/mol. The van der Waals surface area contributed by atoms with Gasteiger partial charge in [0.25, 0.3) is 0 Å². The van der Waals surface area contributed by atoms with E-state index in [0.29, 0.717) is 5.82 Å². The number of hydrogen-bond acceptors (Lipinski definition) is 3. The first-order valence-electron chi connectivity index (χ1n) is 5.79. The summed E-state index contributed by atoms with van der Waals surface area (Å²) in [6.45, 7) is 0. The minimum Gasteiger partial charge on any atom is -0.384 e. The zero-order chi connectivity index (χ0) is 12.4. The van der Waals surface area contributed by atoms with Crippen LogP contribution >= 0.6 is 0 Å². The molecule has 0 aliphatic rings. The minimum absolute atomic E-state index is 0.527. The van der Waals surface area contributed by atoms with Gasteiger partial charge in [-0.15, -0.1) is 0 Å². The fourth-order valence-corrected chi connectivity index (χ4v) is 1.91. The number of hydrogen-bond donors (Lipinski definition) is 2. The van der Waals surface area contributed by atoms with Gasteiger partial charge >= 0.3 is 0 Å². The number of anilines is 3. The lowest BCUT2D eigenvalue weighted by Gasteiger charge is -2.07. The lowest BCUT2D eigenvalue weighted by molar-refractivity contribution is 1.33. The molecule has 0 unspecified atom stereocenters. The summed E-state index contributed by atoms with van der Waals surface area (Å²) in [6, 6.07) is 18.2. The van der Waals surface area contributed by atoms with Gasteiger partial charge in [0, 0.05) is 5.69 Å². The molecule has 0 amide bonds. The Morgan fingerprint density at radius 3 is 2.39 bits per heavy atom. The van der Waals surface area contributed by atoms with Crippen molar-refractivity contribution in [2.45, 2.75) is 0 Å². The normalized spacial score (nSPS) is 10.4. The van der Waals surface area contributed by atoms with Crippen LogP contribution in [0.3, 0.4) is 0 Å². The molecule has 3 N–H and O–H groups in total. The van der Waals surface area contributed by atoms with Crippen molar-refractivity contribution in [3.63, 3.8) is 0 Å². The largest absolute Gasteiger partial charge is 0.384 e. The Balaban J connectivity index is 1.92. The molecule has 1 aromatic heterocycles. The van der Waals surface area contributed by atoms with E-state index in [2.05, 4.69) is 40.6 Å².